The molecule has 0 atom stereocenters. The molecule has 0 bridgehead atoms. The van der Waals surface area contributed by atoms with Gasteiger partial charge in [0.25, 0.3) is 11.5 Å². The van der Waals surface area contributed by atoms with Crippen molar-refractivity contribution < 1.29 is 4.79 Å². The predicted molar refractivity (Wildman–Crippen MR) is 72.1 cm³/mol. The zero-order valence-electron chi connectivity index (χ0n) is 11.0. The summed E-state index contributed by atoms with van der Waals surface area (Å²) in [5.74, 6) is -0.235. The Morgan fingerprint density at radius 3 is 2.79 bits per heavy atom. The molecule has 6 nitrogen and oxygen atoms in total. The molecule has 2 heterocycles. The lowest BCUT2D eigenvalue weighted by Crippen LogP contribution is -2.30. The van der Waals surface area contributed by atoms with Crippen LogP contribution in [0.3, 0.4) is 0 Å². The average Bonchev–Trinajstić information content (AvgIpc) is 2.77. The average molecular weight is 278 g/mol. The lowest BCUT2D eigenvalue weighted by molar-refractivity contribution is 0.0775. The summed E-state index contributed by atoms with van der Waals surface area (Å²) in [7, 11) is 3.20. The van der Waals surface area contributed by atoms with Crippen molar-refractivity contribution in [1.29, 1.82) is 0 Å². The van der Waals surface area contributed by atoms with Crippen molar-refractivity contribution in [3.05, 3.63) is 44.3 Å². The third-order valence-corrected chi connectivity index (χ3v) is 3.41. The highest BCUT2D eigenvalue weighted by Crippen LogP contribution is 2.10. The maximum atomic E-state index is 12.1. The Bertz CT molecular complexity index is 662. The fourth-order valence-electron chi connectivity index (χ4n) is 1.61. The first-order valence-electron chi connectivity index (χ1n) is 5.68. The van der Waals surface area contributed by atoms with Gasteiger partial charge in [-0.05, 0) is 13.0 Å². The SMILES string of the molecule is Cc1nc(CN(C)C(=O)c2ccc(=O)n(C)n2)cs1. The van der Waals surface area contributed by atoms with Crippen LogP contribution in [0, 0.1) is 6.92 Å². The second-order valence-electron chi connectivity index (χ2n) is 4.20. The molecule has 0 N–H and O–H groups in total. The van der Waals surface area contributed by atoms with Crippen molar-refractivity contribution in [1.82, 2.24) is 19.7 Å². The molecule has 2 aromatic rings. The third-order valence-electron chi connectivity index (χ3n) is 2.59. The van der Waals surface area contributed by atoms with Gasteiger partial charge in [0.2, 0.25) is 0 Å². The quantitative estimate of drug-likeness (QED) is 0.833. The molecule has 2 aromatic heterocycles. The summed E-state index contributed by atoms with van der Waals surface area (Å²) in [6.07, 6.45) is 0. The van der Waals surface area contributed by atoms with Crippen molar-refractivity contribution in [2.24, 2.45) is 7.05 Å². The van der Waals surface area contributed by atoms with Crippen molar-refractivity contribution in [2.45, 2.75) is 13.5 Å². The maximum Gasteiger partial charge on any atom is 0.274 e. The van der Waals surface area contributed by atoms with Crippen LogP contribution < -0.4 is 5.56 Å². The van der Waals surface area contributed by atoms with Gasteiger partial charge in [-0.25, -0.2) is 9.67 Å². The normalized spacial score (nSPS) is 10.5. The molecule has 0 spiro atoms. The summed E-state index contributed by atoms with van der Waals surface area (Å²) >= 11 is 1.55. The summed E-state index contributed by atoms with van der Waals surface area (Å²) in [5, 5.41) is 6.83. The predicted octanol–water partition coefficient (Wildman–Crippen LogP) is 0.817. The van der Waals surface area contributed by atoms with Crippen LogP contribution in [0.5, 0.6) is 0 Å². The van der Waals surface area contributed by atoms with E-state index in [2.05, 4.69) is 10.1 Å². The Morgan fingerprint density at radius 2 is 2.21 bits per heavy atom. The summed E-state index contributed by atoms with van der Waals surface area (Å²) in [6, 6.07) is 2.77. The van der Waals surface area contributed by atoms with Crippen LogP contribution in [0.15, 0.2) is 22.3 Å². The van der Waals surface area contributed by atoms with Crippen molar-refractivity contribution >= 4 is 17.2 Å². The zero-order valence-corrected chi connectivity index (χ0v) is 11.8. The molecule has 0 aliphatic carbocycles. The first-order chi connectivity index (χ1) is 8.97. The monoisotopic (exact) mass is 278 g/mol. The molecule has 19 heavy (non-hydrogen) atoms. The molecule has 0 fully saturated rings. The highest BCUT2D eigenvalue weighted by atomic mass is 32.1. The van der Waals surface area contributed by atoms with E-state index in [1.54, 1.807) is 18.4 Å². The number of nitrogens with zero attached hydrogens (tertiary/aromatic N) is 4. The topological polar surface area (TPSA) is 68.1 Å². The first kappa shape index (κ1) is 13.4. The lowest BCUT2D eigenvalue weighted by atomic mass is 10.3. The summed E-state index contributed by atoms with van der Waals surface area (Å²) < 4.78 is 1.15. The Hall–Kier alpha value is -2.02. The van der Waals surface area contributed by atoms with Gasteiger partial charge < -0.3 is 4.90 Å². The molecule has 0 aliphatic rings. The van der Waals surface area contributed by atoms with Crippen molar-refractivity contribution in [3.63, 3.8) is 0 Å². The molecule has 0 aliphatic heterocycles. The number of amides is 1. The lowest BCUT2D eigenvalue weighted by Gasteiger charge is -2.15. The Morgan fingerprint density at radius 1 is 1.47 bits per heavy atom. The minimum Gasteiger partial charge on any atom is -0.334 e. The maximum absolute atomic E-state index is 12.1. The smallest absolute Gasteiger partial charge is 0.274 e. The highest BCUT2D eigenvalue weighted by molar-refractivity contribution is 7.09. The molecule has 7 heteroatoms. The van der Waals surface area contributed by atoms with E-state index < -0.39 is 0 Å². The number of hydrogen-bond donors (Lipinski definition) is 0. The van der Waals surface area contributed by atoms with E-state index in [1.165, 1.54) is 24.1 Å². The molecular weight excluding hydrogens is 264 g/mol. The molecule has 0 radical (unpaired) electrons. The van der Waals surface area contributed by atoms with Crippen LogP contribution in [-0.2, 0) is 13.6 Å². The number of rotatable bonds is 3. The van der Waals surface area contributed by atoms with Crippen LogP contribution >= 0.6 is 11.3 Å². The fourth-order valence-corrected chi connectivity index (χ4v) is 2.21. The standard InChI is InChI=1S/C12H14N4O2S/c1-8-13-9(7-19-8)6-15(2)12(18)10-4-5-11(17)16(3)14-10/h4-5,7H,6H2,1-3H3. The second kappa shape index (κ2) is 5.31. The number of aryl methyl sites for hydroxylation is 2. The van der Waals surface area contributed by atoms with Crippen LogP contribution in [0.4, 0.5) is 0 Å². The van der Waals surface area contributed by atoms with Gasteiger partial charge in [0, 0.05) is 25.5 Å². The number of thiazole rings is 1. The van der Waals surface area contributed by atoms with Crippen molar-refractivity contribution in [2.75, 3.05) is 7.05 Å². The van der Waals surface area contributed by atoms with E-state index in [0.29, 0.717) is 6.54 Å². The van der Waals surface area contributed by atoms with E-state index in [1.807, 2.05) is 12.3 Å². The van der Waals surface area contributed by atoms with E-state index in [9.17, 15) is 9.59 Å². The minimum absolute atomic E-state index is 0.235. The zero-order chi connectivity index (χ0) is 14.0. The molecule has 0 unspecified atom stereocenters. The molecule has 0 saturated heterocycles. The molecule has 1 amide bonds. The van der Waals surface area contributed by atoms with E-state index in [0.717, 1.165) is 15.4 Å². The van der Waals surface area contributed by atoms with Gasteiger partial charge in [-0.1, -0.05) is 0 Å². The van der Waals surface area contributed by atoms with Gasteiger partial charge in [-0.2, -0.15) is 5.10 Å². The van der Waals surface area contributed by atoms with Gasteiger partial charge >= 0.3 is 0 Å². The van der Waals surface area contributed by atoms with Crippen molar-refractivity contribution in [3.8, 4) is 0 Å². The molecule has 0 aromatic carbocycles. The first-order valence-corrected chi connectivity index (χ1v) is 6.56. The summed E-state index contributed by atoms with van der Waals surface area (Å²) in [4.78, 5) is 29.2. The minimum atomic E-state index is -0.241. The van der Waals surface area contributed by atoms with Gasteiger partial charge in [-0.3, -0.25) is 9.59 Å². The number of aromatic nitrogens is 3. The molecule has 0 saturated carbocycles. The van der Waals surface area contributed by atoms with Crippen LogP contribution in [0.1, 0.15) is 21.2 Å². The van der Waals surface area contributed by atoms with E-state index in [4.69, 9.17) is 0 Å². The fraction of sp³-hybridized carbons (Fsp3) is 0.333. The number of carbonyl (C=O) groups is 1. The summed E-state index contributed by atoms with van der Waals surface area (Å²) in [6.45, 7) is 2.35. The Balaban J connectivity index is 2.14. The second-order valence-corrected chi connectivity index (χ2v) is 5.26. The van der Waals surface area contributed by atoms with Crippen LogP contribution in [0.2, 0.25) is 0 Å². The van der Waals surface area contributed by atoms with Crippen LogP contribution in [0.25, 0.3) is 0 Å². The number of carbonyl (C=O) groups excluding carboxylic acids is 1. The highest BCUT2D eigenvalue weighted by Gasteiger charge is 2.15. The third kappa shape index (κ3) is 3.05. The van der Waals surface area contributed by atoms with Crippen LogP contribution in [-0.4, -0.2) is 32.6 Å². The summed E-state index contributed by atoms with van der Waals surface area (Å²) in [5.41, 5.74) is 0.856. The largest absolute Gasteiger partial charge is 0.334 e. The van der Waals surface area contributed by atoms with Gasteiger partial charge in [0.05, 0.1) is 17.2 Å². The molecule has 2 rings (SSSR count). The van der Waals surface area contributed by atoms with Gasteiger partial charge in [-0.15, -0.1) is 11.3 Å². The van der Waals surface area contributed by atoms with E-state index >= 15 is 0 Å². The molecule has 100 valence electrons. The van der Waals surface area contributed by atoms with Gasteiger partial charge in [0.1, 0.15) is 5.69 Å². The van der Waals surface area contributed by atoms with Gasteiger partial charge in [0.15, 0.2) is 0 Å². The Kier molecular flexibility index (Phi) is 3.75. The van der Waals surface area contributed by atoms with E-state index in [-0.39, 0.29) is 17.2 Å². The Labute approximate surface area is 114 Å². The molecular formula is C12H14N4O2S. The number of hydrogen-bond acceptors (Lipinski definition) is 5.